The molecule has 1 fully saturated rings. The van der Waals surface area contributed by atoms with E-state index in [0.29, 0.717) is 10.6 Å². The third kappa shape index (κ3) is 2.71. The summed E-state index contributed by atoms with van der Waals surface area (Å²) in [7, 11) is 3.14. The molecule has 1 unspecified atom stereocenters. The van der Waals surface area contributed by atoms with Crippen LogP contribution in [0.1, 0.15) is 12.5 Å². The lowest BCUT2D eigenvalue weighted by Gasteiger charge is -2.22. The quantitative estimate of drug-likeness (QED) is 0.853. The Morgan fingerprint density at radius 2 is 1.86 bits per heavy atom. The summed E-state index contributed by atoms with van der Waals surface area (Å²) in [4.78, 5) is 38.5. The molecule has 1 atom stereocenters. The molecule has 0 radical (unpaired) electrons. The van der Waals surface area contributed by atoms with Gasteiger partial charge in [-0.2, -0.15) is 0 Å². The standard InChI is InChI=1S/C14H16ClN3O3/c1-14(9-4-6-10(15)7-5-9)12(20)18(13(21)16-14)8-11(19)17(2)3/h4-7H,8H2,1-3H3,(H,16,21). The zero-order valence-electron chi connectivity index (χ0n) is 12.0. The van der Waals surface area contributed by atoms with Crippen molar-refractivity contribution in [1.29, 1.82) is 0 Å². The lowest BCUT2D eigenvalue weighted by molar-refractivity contribution is -0.137. The van der Waals surface area contributed by atoms with E-state index in [1.54, 1.807) is 45.3 Å². The summed E-state index contributed by atoms with van der Waals surface area (Å²) in [5.74, 6) is -0.774. The third-order valence-electron chi connectivity index (χ3n) is 3.49. The highest BCUT2D eigenvalue weighted by molar-refractivity contribution is 6.30. The minimum absolute atomic E-state index is 0.277. The third-order valence-corrected chi connectivity index (χ3v) is 3.74. The van der Waals surface area contributed by atoms with Crippen LogP contribution in [-0.4, -0.2) is 48.3 Å². The van der Waals surface area contributed by atoms with E-state index in [1.807, 2.05) is 0 Å². The SMILES string of the molecule is CN(C)C(=O)CN1C(=O)NC(C)(c2ccc(Cl)cc2)C1=O. The summed E-state index contributed by atoms with van der Waals surface area (Å²) >= 11 is 5.83. The molecule has 21 heavy (non-hydrogen) atoms. The molecule has 2 rings (SSSR count). The maximum absolute atomic E-state index is 12.5. The average Bonchev–Trinajstić information content (AvgIpc) is 2.63. The van der Waals surface area contributed by atoms with E-state index in [-0.39, 0.29) is 12.5 Å². The van der Waals surface area contributed by atoms with Crippen LogP contribution in [0, 0.1) is 0 Å². The van der Waals surface area contributed by atoms with Gasteiger partial charge in [0.15, 0.2) is 0 Å². The van der Waals surface area contributed by atoms with Gasteiger partial charge in [0, 0.05) is 19.1 Å². The summed E-state index contributed by atoms with van der Waals surface area (Å²) in [6.07, 6.45) is 0. The summed E-state index contributed by atoms with van der Waals surface area (Å²) in [6.45, 7) is 1.33. The Morgan fingerprint density at radius 1 is 1.29 bits per heavy atom. The number of nitrogens with one attached hydrogen (secondary N) is 1. The largest absolute Gasteiger partial charge is 0.347 e. The molecule has 0 aliphatic carbocycles. The second-order valence-corrected chi connectivity index (χ2v) is 5.68. The van der Waals surface area contributed by atoms with Crippen LogP contribution < -0.4 is 5.32 Å². The van der Waals surface area contributed by atoms with Crippen LogP contribution in [0.4, 0.5) is 4.79 Å². The van der Waals surface area contributed by atoms with Gasteiger partial charge in [-0.25, -0.2) is 4.79 Å². The number of carbonyl (C=O) groups excluding carboxylic acids is 3. The van der Waals surface area contributed by atoms with Crippen molar-refractivity contribution >= 4 is 29.4 Å². The molecule has 4 amide bonds. The number of hydrogen-bond acceptors (Lipinski definition) is 3. The highest BCUT2D eigenvalue weighted by Gasteiger charge is 2.49. The summed E-state index contributed by atoms with van der Waals surface area (Å²) < 4.78 is 0. The fraction of sp³-hybridized carbons (Fsp3) is 0.357. The minimum Gasteiger partial charge on any atom is -0.347 e. The van der Waals surface area contributed by atoms with Crippen molar-refractivity contribution in [2.45, 2.75) is 12.5 Å². The number of amides is 4. The van der Waals surface area contributed by atoms with Crippen molar-refractivity contribution in [3.8, 4) is 0 Å². The van der Waals surface area contributed by atoms with Gasteiger partial charge < -0.3 is 10.2 Å². The minimum atomic E-state index is -1.19. The molecule has 1 aromatic carbocycles. The normalized spacial score (nSPS) is 21.4. The molecule has 7 heteroatoms. The molecule has 1 aliphatic heterocycles. The molecule has 112 valence electrons. The highest BCUT2D eigenvalue weighted by Crippen LogP contribution is 2.29. The average molecular weight is 310 g/mol. The topological polar surface area (TPSA) is 69.7 Å². The number of carbonyl (C=O) groups is 3. The van der Waals surface area contributed by atoms with Gasteiger partial charge in [0.2, 0.25) is 5.91 Å². The van der Waals surface area contributed by atoms with Crippen LogP contribution in [-0.2, 0) is 15.1 Å². The fourth-order valence-corrected chi connectivity index (χ4v) is 2.22. The van der Waals surface area contributed by atoms with Crippen molar-refractivity contribution in [2.24, 2.45) is 0 Å². The Hall–Kier alpha value is -2.08. The van der Waals surface area contributed by atoms with E-state index in [4.69, 9.17) is 11.6 Å². The van der Waals surface area contributed by atoms with Crippen LogP contribution in [0.3, 0.4) is 0 Å². The lowest BCUT2D eigenvalue weighted by Crippen LogP contribution is -2.43. The molecule has 0 spiro atoms. The molecule has 0 bridgehead atoms. The second kappa shape index (κ2) is 5.37. The van der Waals surface area contributed by atoms with Crippen LogP contribution in [0.15, 0.2) is 24.3 Å². The number of rotatable bonds is 3. The molecule has 0 saturated carbocycles. The zero-order chi connectivity index (χ0) is 15.8. The zero-order valence-corrected chi connectivity index (χ0v) is 12.8. The summed E-state index contributed by atoms with van der Waals surface area (Å²) in [5.41, 5.74) is -0.570. The molecule has 1 heterocycles. The number of imide groups is 1. The first-order chi connectivity index (χ1) is 9.75. The van der Waals surface area contributed by atoms with Crippen molar-refractivity contribution in [1.82, 2.24) is 15.1 Å². The number of nitrogens with zero attached hydrogens (tertiary/aromatic N) is 2. The van der Waals surface area contributed by atoms with E-state index >= 15 is 0 Å². The van der Waals surface area contributed by atoms with Crippen molar-refractivity contribution in [2.75, 3.05) is 20.6 Å². The number of hydrogen-bond donors (Lipinski definition) is 1. The Morgan fingerprint density at radius 3 is 2.38 bits per heavy atom. The van der Waals surface area contributed by atoms with E-state index in [9.17, 15) is 14.4 Å². The van der Waals surface area contributed by atoms with Crippen LogP contribution >= 0.6 is 11.6 Å². The Balaban J connectivity index is 2.28. The van der Waals surface area contributed by atoms with Gasteiger partial charge in [-0.05, 0) is 24.6 Å². The van der Waals surface area contributed by atoms with Gasteiger partial charge in [-0.3, -0.25) is 14.5 Å². The first kappa shape index (κ1) is 15.3. The summed E-state index contributed by atoms with van der Waals surface area (Å²) in [6, 6.07) is 6.08. The number of benzene rings is 1. The van der Waals surface area contributed by atoms with Gasteiger partial charge >= 0.3 is 6.03 Å². The molecule has 6 nitrogen and oxygen atoms in total. The van der Waals surface area contributed by atoms with E-state index in [1.165, 1.54) is 4.90 Å². The number of urea groups is 1. The first-order valence-electron chi connectivity index (χ1n) is 6.36. The van der Waals surface area contributed by atoms with E-state index < -0.39 is 17.5 Å². The van der Waals surface area contributed by atoms with Gasteiger partial charge in [0.1, 0.15) is 12.1 Å². The fourth-order valence-electron chi connectivity index (χ4n) is 2.10. The molecular formula is C14H16ClN3O3. The monoisotopic (exact) mass is 309 g/mol. The van der Waals surface area contributed by atoms with Gasteiger partial charge in [-0.15, -0.1) is 0 Å². The van der Waals surface area contributed by atoms with E-state index in [0.717, 1.165) is 4.90 Å². The van der Waals surface area contributed by atoms with Crippen molar-refractivity contribution in [3.05, 3.63) is 34.9 Å². The Labute approximate surface area is 127 Å². The van der Waals surface area contributed by atoms with Gasteiger partial charge in [0.25, 0.3) is 5.91 Å². The molecule has 1 saturated heterocycles. The maximum Gasteiger partial charge on any atom is 0.325 e. The Bertz CT molecular complexity index is 600. The molecule has 1 N–H and O–H groups in total. The van der Waals surface area contributed by atoms with Crippen LogP contribution in [0.25, 0.3) is 0 Å². The molecular weight excluding hydrogens is 294 g/mol. The van der Waals surface area contributed by atoms with Crippen molar-refractivity contribution in [3.63, 3.8) is 0 Å². The lowest BCUT2D eigenvalue weighted by atomic mass is 9.92. The highest BCUT2D eigenvalue weighted by atomic mass is 35.5. The maximum atomic E-state index is 12.5. The van der Waals surface area contributed by atoms with E-state index in [2.05, 4.69) is 5.32 Å². The summed E-state index contributed by atoms with van der Waals surface area (Å²) in [5, 5.41) is 3.17. The predicted molar refractivity (Wildman–Crippen MR) is 77.7 cm³/mol. The van der Waals surface area contributed by atoms with Gasteiger partial charge in [0.05, 0.1) is 0 Å². The Kier molecular flexibility index (Phi) is 3.91. The second-order valence-electron chi connectivity index (χ2n) is 5.24. The van der Waals surface area contributed by atoms with Crippen LogP contribution in [0.5, 0.6) is 0 Å². The molecule has 1 aromatic rings. The molecule has 0 aromatic heterocycles. The predicted octanol–water partition coefficient (Wildman–Crippen LogP) is 1.20. The van der Waals surface area contributed by atoms with Crippen molar-refractivity contribution < 1.29 is 14.4 Å². The van der Waals surface area contributed by atoms with Gasteiger partial charge in [-0.1, -0.05) is 23.7 Å². The molecule has 1 aliphatic rings. The smallest absolute Gasteiger partial charge is 0.325 e. The first-order valence-corrected chi connectivity index (χ1v) is 6.74. The van der Waals surface area contributed by atoms with Crippen LogP contribution in [0.2, 0.25) is 5.02 Å². The number of likely N-dealkylation sites (N-methyl/N-ethyl adjacent to an activating group) is 1. The number of halogens is 1.